The monoisotopic (exact) mass is 338 g/mol. The molecule has 0 heterocycles. The molecule has 0 bridgehead atoms. The van der Waals surface area contributed by atoms with Crippen molar-refractivity contribution in [2.75, 3.05) is 11.9 Å². The van der Waals surface area contributed by atoms with Gasteiger partial charge in [-0.25, -0.2) is 0 Å². The highest BCUT2D eigenvalue weighted by Crippen LogP contribution is 2.17. The minimum Gasteiger partial charge on any atom is -0.352 e. The van der Waals surface area contributed by atoms with Gasteiger partial charge in [-0.05, 0) is 56.2 Å². The quantitative estimate of drug-likeness (QED) is 0.732. The molecule has 4 nitrogen and oxygen atoms in total. The van der Waals surface area contributed by atoms with Gasteiger partial charge in [-0.15, -0.1) is 0 Å². The zero-order valence-corrected chi connectivity index (χ0v) is 15.2. The van der Waals surface area contributed by atoms with Crippen molar-refractivity contribution in [3.63, 3.8) is 0 Å². The summed E-state index contributed by atoms with van der Waals surface area (Å²) in [5.41, 5.74) is 4.08. The largest absolute Gasteiger partial charge is 0.352 e. The standard InChI is InChI=1S/C21H26N2O2/c1-4-5-6-13-22-20(24)17-8-10-18(11-9-17)21(25)23-19-12-7-15(2)14-16(19)3/h7-12,14H,4-6,13H2,1-3H3,(H,22,24)(H,23,25). The molecule has 0 saturated heterocycles. The summed E-state index contributed by atoms with van der Waals surface area (Å²) in [4.78, 5) is 24.4. The van der Waals surface area contributed by atoms with Crippen LogP contribution in [0.1, 0.15) is 58.0 Å². The van der Waals surface area contributed by atoms with Crippen LogP contribution in [0.2, 0.25) is 0 Å². The van der Waals surface area contributed by atoms with Crippen molar-refractivity contribution in [3.8, 4) is 0 Å². The SMILES string of the molecule is CCCCCNC(=O)c1ccc(C(=O)Nc2ccc(C)cc2C)cc1. The molecule has 25 heavy (non-hydrogen) atoms. The average molecular weight is 338 g/mol. The van der Waals surface area contributed by atoms with Crippen LogP contribution in [0.5, 0.6) is 0 Å². The van der Waals surface area contributed by atoms with E-state index in [4.69, 9.17) is 0 Å². The van der Waals surface area contributed by atoms with Crippen LogP contribution in [0.3, 0.4) is 0 Å². The zero-order valence-electron chi connectivity index (χ0n) is 15.2. The molecule has 0 aliphatic rings. The van der Waals surface area contributed by atoms with Gasteiger partial charge in [-0.1, -0.05) is 37.5 Å². The summed E-state index contributed by atoms with van der Waals surface area (Å²) in [5.74, 6) is -0.278. The Balaban J connectivity index is 1.96. The first-order chi connectivity index (χ1) is 12.0. The highest BCUT2D eigenvalue weighted by atomic mass is 16.2. The molecule has 0 atom stereocenters. The molecule has 0 aromatic heterocycles. The predicted octanol–water partition coefficient (Wildman–Crippen LogP) is 4.48. The molecule has 0 fully saturated rings. The van der Waals surface area contributed by atoms with Crippen molar-refractivity contribution >= 4 is 17.5 Å². The van der Waals surface area contributed by atoms with Gasteiger partial charge < -0.3 is 10.6 Å². The molecule has 0 saturated carbocycles. The maximum Gasteiger partial charge on any atom is 0.255 e. The minimum absolute atomic E-state index is 0.0996. The van der Waals surface area contributed by atoms with Gasteiger partial charge in [0.2, 0.25) is 0 Å². The van der Waals surface area contributed by atoms with Crippen LogP contribution in [0, 0.1) is 13.8 Å². The van der Waals surface area contributed by atoms with E-state index in [0.717, 1.165) is 36.1 Å². The third-order valence-corrected chi connectivity index (χ3v) is 4.11. The summed E-state index contributed by atoms with van der Waals surface area (Å²) >= 11 is 0. The summed E-state index contributed by atoms with van der Waals surface area (Å²) in [5, 5.41) is 5.81. The lowest BCUT2D eigenvalue weighted by Gasteiger charge is -2.10. The fraction of sp³-hybridized carbons (Fsp3) is 0.333. The zero-order chi connectivity index (χ0) is 18.2. The van der Waals surface area contributed by atoms with E-state index in [1.165, 1.54) is 0 Å². The van der Waals surface area contributed by atoms with Crippen molar-refractivity contribution in [1.82, 2.24) is 5.32 Å². The Morgan fingerprint density at radius 2 is 1.52 bits per heavy atom. The first kappa shape index (κ1) is 18.7. The summed E-state index contributed by atoms with van der Waals surface area (Å²) in [6.07, 6.45) is 3.22. The Morgan fingerprint density at radius 3 is 2.12 bits per heavy atom. The Morgan fingerprint density at radius 1 is 0.880 bits per heavy atom. The molecule has 2 N–H and O–H groups in total. The Labute approximate surface area is 149 Å². The van der Waals surface area contributed by atoms with Crippen LogP contribution >= 0.6 is 0 Å². The van der Waals surface area contributed by atoms with Crippen molar-refractivity contribution < 1.29 is 9.59 Å². The van der Waals surface area contributed by atoms with Crippen molar-refractivity contribution in [2.45, 2.75) is 40.0 Å². The van der Waals surface area contributed by atoms with Crippen molar-refractivity contribution in [1.29, 1.82) is 0 Å². The Kier molecular flexibility index (Phi) is 6.75. The number of rotatable bonds is 7. The number of carbonyl (C=O) groups excluding carboxylic acids is 2. The van der Waals surface area contributed by atoms with Gasteiger partial charge in [0.1, 0.15) is 0 Å². The molecule has 2 rings (SSSR count). The number of nitrogens with one attached hydrogen (secondary N) is 2. The van der Waals surface area contributed by atoms with Crippen molar-refractivity contribution in [3.05, 3.63) is 64.7 Å². The molecule has 0 spiro atoms. The van der Waals surface area contributed by atoms with E-state index < -0.39 is 0 Å². The third-order valence-electron chi connectivity index (χ3n) is 4.11. The molecule has 0 unspecified atom stereocenters. The lowest BCUT2D eigenvalue weighted by Crippen LogP contribution is -2.24. The van der Waals surface area contributed by atoms with Gasteiger partial charge in [-0.2, -0.15) is 0 Å². The number of aryl methyl sites for hydroxylation is 2. The maximum atomic E-state index is 12.4. The molecule has 0 radical (unpaired) electrons. The molecule has 0 aliphatic carbocycles. The Hall–Kier alpha value is -2.62. The second kappa shape index (κ2) is 9.02. The molecule has 4 heteroatoms. The summed E-state index contributed by atoms with van der Waals surface area (Å²) in [6, 6.07) is 12.6. The number of unbranched alkanes of at least 4 members (excludes halogenated alkanes) is 2. The topological polar surface area (TPSA) is 58.2 Å². The molecular formula is C21H26N2O2. The van der Waals surface area contributed by atoms with Crippen LogP contribution in [-0.4, -0.2) is 18.4 Å². The number of amides is 2. The van der Waals surface area contributed by atoms with Crippen LogP contribution in [0.15, 0.2) is 42.5 Å². The van der Waals surface area contributed by atoms with Crippen LogP contribution in [0.4, 0.5) is 5.69 Å². The van der Waals surface area contributed by atoms with Gasteiger partial charge in [0.25, 0.3) is 11.8 Å². The van der Waals surface area contributed by atoms with Gasteiger partial charge in [0.05, 0.1) is 0 Å². The second-order valence-corrected chi connectivity index (χ2v) is 6.31. The van der Waals surface area contributed by atoms with E-state index in [1.807, 2.05) is 32.0 Å². The molecule has 132 valence electrons. The van der Waals surface area contributed by atoms with Gasteiger partial charge in [0, 0.05) is 23.4 Å². The first-order valence-corrected chi connectivity index (χ1v) is 8.78. The average Bonchev–Trinajstić information content (AvgIpc) is 2.61. The van der Waals surface area contributed by atoms with Gasteiger partial charge in [-0.3, -0.25) is 9.59 Å². The number of anilines is 1. The summed E-state index contributed by atoms with van der Waals surface area (Å²) in [7, 11) is 0. The molecular weight excluding hydrogens is 312 g/mol. The molecule has 2 amide bonds. The number of hydrogen-bond donors (Lipinski definition) is 2. The highest BCUT2D eigenvalue weighted by molar-refractivity contribution is 6.05. The lowest BCUT2D eigenvalue weighted by molar-refractivity contribution is 0.0951. The predicted molar refractivity (Wildman–Crippen MR) is 102 cm³/mol. The maximum absolute atomic E-state index is 12.4. The van der Waals surface area contributed by atoms with Crippen LogP contribution in [-0.2, 0) is 0 Å². The van der Waals surface area contributed by atoms with E-state index in [2.05, 4.69) is 17.6 Å². The molecule has 2 aromatic carbocycles. The molecule has 0 aliphatic heterocycles. The van der Waals surface area contributed by atoms with Crippen LogP contribution < -0.4 is 10.6 Å². The number of hydrogen-bond acceptors (Lipinski definition) is 2. The molecule has 2 aromatic rings. The normalized spacial score (nSPS) is 10.4. The van der Waals surface area contributed by atoms with Crippen LogP contribution in [0.25, 0.3) is 0 Å². The van der Waals surface area contributed by atoms with E-state index in [0.29, 0.717) is 17.7 Å². The Bertz CT molecular complexity index is 736. The van der Waals surface area contributed by atoms with E-state index >= 15 is 0 Å². The van der Waals surface area contributed by atoms with Gasteiger partial charge in [0.15, 0.2) is 0 Å². The van der Waals surface area contributed by atoms with Gasteiger partial charge >= 0.3 is 0 Å². The lowest BCUT2D eigenvalue weighted by atomic mass is 10.1. The fourth-order valence-corrected chi connectivity index (χ4v) is 2.60. The smallest absolute Gasteiger partial charge is 0.255 e. The second-order valence-electron chi connectivity index (χ2n) is 6.31. The minimum atomic E-state index is -0.179. The number of benzene rings is 2. The van der Waals surface area contributed by atoms with E-state index in [1.54, 1.807) is 24.3 Å². The first-order valence-electron chi connectivity index (χ1n) is 8.78. The fourth-order valence-electron chi connectivity index (χ4n) is 2.60. The summed E-state index contributed by atoms with van der Waals surface area (Å²) in [6.45, 7) is 6.80. The van der Waals surface area contributed by atoms with E-state index in [-0.39, 0.29) is 11.8 Å². The summed E-state index contributed by atoms with van der Waals surface area (Å²) < 4.78 is 0. The third kappa shape index (κ3) is 5.45. The van der Waals surface area contributed by atoms with E-state index in [9.17, 15) is 9.59 Å². The highest BCUT2D eigenvalue weighted by Gasteiger charge is 2.10. The van der Waals surface area contributed by atoms with Crippen molar-refractivity contribution in [2.24, 2.45) is 0 Å². The number of carbonyl (C=O) groups is 2.